The number of likely N-dealkylation sites (tertiary alicyclic amines) is 1. The van der Waals surface area contributed by atoms with Gasteiger partial charge in [0.15, 0.2) is 0 Å². The van der Waals surface area contributed by atoms with Crippen molar-refractivity contribution in [2.24, 2.45) is 0 Å². The fourth-order valence-corrected chi connectivity index (χ4v) is 2.01. The topological polar surface area (TPSA) is 16.1 Å². The Balaban J connectivity index is 1.94. The molecule has 1 fully saturated rings. The van der Waals surface area contributed by atoms with Crippen molar-refractivity contribution < 1.29 is 4.39 Å². The maximum absolute atomic E-state index is 12.9. The molecule has 2 nitrogen and oxygen atoms in total. The Morgan fingerprint density at radius 3 is 3.00 bits per heavy atom. The monoisotopic (exact) mass is 306 g/mol. The Kier molecular flexibility index (Phi) is 3.33. The van der Waals surface area contributed by atoms with E-state index in [1.54, 1.807) is 0 Å². The lowest BCUT2D eigenvalue weighted by Crippen LogP contribution is -2.20. The summed E-state index contributed by atoms with van der Waals surface area (Å²) in [5.41, 5.74) is 1.17. The average molecular weight is 306 g/mol. The van der Waals surface area contributed by atoms with Crippen LogP contribution in [0, 0.1) is 3.70 Å². The summed E-state index contributed by atoms with van der Waals surface area (Å²) in [6.07, 6.45) is 1.91. The number of nitrogens with zero attached hydrogens (tertiary/aromatic N) is 2. The highest BCUT2D eigenvalue weighted by Gasteiger charge is 2.21. The molecule has 0 aromatic carbocycles. The predicted octanol–water partition coefficient (Wildman–Crippen LogP) is 2.23. The SMILES string of the molecule is F[C@@H]1CCN(Cc2ccc(I)nc2)C1. The largest absolute Gasteiger partial charge is 0.296 e. The van der Waals surface area contributed by atoms with E-state index in [9.17, 15) is 4.39 Å². The maximum Gasteiger partial charge on any atom is 0.114 e. The van der Waals surface area contributed by atoms with Crippen molar-refractivity contribution in [3.8, 4) is 0 Å². The second-order valence-electron chi connectivity index (χ2n) is 3.61. The van der Waals surface area contributed by atoms with Crippen LogP contribution in [0.2, 0.25) is 0 Å². The third kappa shape index (κ3) is 2.63. The van der Waals surface area contributed by atoms with Gasteiger partial charge in [-0.05, 0) is 40.6 Å². The summed E-state index contributed by atoms with van der Waals surface area (Å²) >= 11 is 2.18. The molecule has 0 radical (unpaired) electrons. The minimum Gasteiger partial charge on any atom is -0.296 e. The van der Waals surface area contributed by atoms with Crippen LogP contribution in [-0.4, -0.2) is 29.1 Å². The minimum atomic E-state index is -0.633. The third-order valence-corrected chi connectivity index (χ3v) is 3.05. The molecule has 1 aromatic rings. The van der Waals surface area contributed by atoms with Crippen LogP contribution in [0.5, 0.6) is 0 Å². The number of rotatable bonds is 2. The predicted molar refractivity (Wildman–Crippen MR) is 61.7 cm³/mol. The number of alkyl halides is 1. The normalized spacial score (nSPS) is 22.9. The number of halogens is 2. The highest BCUT2D eigenvalue weighted by atomic mass is 127. The van der Waals surface area contributed by atoms with Gasteiger partial charge in [0.25, 0.3) is 0 Å². The molecule has 0 aliphatic carbocycles. The number of hydrogen-bond donors (Lipinski definition) is 0. The zero-order valence-electron chi connectivity index (χ0n) is 7.79. The van der Waals surface area contributed by atoms with E-state index < -0.39 is 6.17 Å². The lowest BCUT2D eigenvalue weighted by Gasteiger charge is -2.13. The molecule has 1 atom stereocenters. The highest BCUT2D eigenvalue weighted by Crippen LogP contribution is 2.15. The minimum absolute atomic E-state index is 0.575. The quantitative estimate of drug-likeness (QED) is 0.615. The van der Waals surface area contributed by atoms with Crippen LogP contribution in [0.15, 0.2) is 18.3 Å². The van der Waals surface area contributed by atoms with Gasteiger partial charge < -0.3 is 0 Å². The van der Waals surface area contributed by atoms with Crippen LogP contribution in [0.4, 0.5) is 4.39 Å². The van der Waals surface area contributed by atoms with Crippen molar-refractivity contribution in [3.63, 3.8) is 0 Å². The molecular weight excluding hydrogens is 294 g/mol. The van der Waals surface area contributed by atoms with Crippen molar-refractivity contribution in [3.05, 3.63) is 27.6 Å². The van der Waals surface area contributed by atoms with E-state index in [-0.39, 0.29) is 0 Å². The van der Waals surface area contributed by atoms with E-state index in [1.807, 2.05) is 12.3 Å². The van der Waals surface area contributed by atoms with Gasteiger partial charge >= 0.3 is 0 Å². The van der Waals surface area contributed by atoms with Crippen LogP contribution >= 0.6 is 22.6 Å². The van der Waals surface area contributed by atoms with Crippen LogP contribution < -0.4 is 0 Å². The van der Waals surface area contributed by atoms with Gasteiger partial charge in [-0.15, -0.1) is 0 Å². The van der Waals surface area contributed by atoms with Gasteiger partial charge in [0.05, 0.1) is 0 Å². The molecule has 0 N–H and O–H groups in total. The molecule has 1 aliphatic heterocycles. The highest BCUT2D eigenvalue weighted by molar-refractivity contribution is 14.1. The third-order valence-electron chi connectivity index (χ3n) is 2.41. The summed E-state index contributed by atoms with van der Waals surface area (Å²) in [4.78, 5) is 6.34. The fourth-order valence-electron chi connectivity index (χ4n) is 1.69. The van der Waals surface area contributed by atoms with Gasteiger partial charge in [-0.25, -0.2) is 4.39 Å². The Labute approximate surface area is 96.7 Å². The summed E-state index contributed by atoms with van der Waals surface area (Å²) in [6.45, 7) is 2.27. The zero-order chi connectivity index (χ0) is 9.97. The fraction of sp³-hybridized carbons (Fsp3) is 0.500. The van der Waals surface area contributed by atoms with Gasteiger partial charge in [0, 0.05) is 25.8 Å². The molecule has 2 rings (SSSR count). The summed E-state index contributed by atoms with van der Waals surface area (Å²) in [6, 6.07) is 4.04. The average Bonchev–Trinajstić information content (AvgIpc) is 2.56. The van der Waals surface area contributed by atoms with E-state index >= 15 is 0 Å². The van der Waals surface area contributed by atoms with Gasteiger partial charge in [-0.1, -0.05) is 6.07 Å². The van der Waals surface area contributed by atoms with Crippen molar-refractivity contribution in [1.29, 1.82) is 0 Å². The van der Waals surface area contributed by atoms with E-state index in [0.717, 1.165) is 16.8 Å². The second kappa shape index (κ2) is 4.53. The van der Waals surface area contributed by atoms with Crippen molar-refractivity contribution in [1.82, 2.24) is 9.88 Å². The molecule has 2 heterocycles. The van der Waals surface area contributed by atoms with Crippen LogP contribution in [0.25, 0.3) is 0 Å². The summed E-state index contributed by atoms with van der Waals surface area (Å²) in [7, 11) is 0. The molecule has 4 heteroatoms. The number of hydrogen-bond acceptors (Lipinski definition) is 2. The second-order valence-corrected chi connectivity index (χ2v) is 4.72. The van der Waals surface area contributed by atoms with Gasteiger partial charge in [-0.2, -0.15) is 0 Å². The van der Waals surface area contributed by atoms with Gasteiger partial charge in [-0.3, -0.25) is 9.88 Å². The molecule has 0 bridgehead atoms. The molecular formula is C10H12FIN2. The zero-order valence-corrected chi connectivity index (χ0v) is 9.95. The van der Waals surface area contributed by atoms with E-state index in [0.29, 0.717) is 13.0 Å². The Morgan fingerprint density at radius 2 is 2.43 bits per heavy atom. The summed E-state index contributed by atoms with van der Waals surface area (Å²) in [5.74, 6) is 0. The Bertz CT molecular complexity index is 301. The van der Waals surface area contributed by atoms with Crippen LogP contribution in [0.3, 0.4) is 0 Å². The molecule has 0 unspecified atom stereocenters. The molecule has 0 amide bonds. The lowest BCUT2D eigenvalue weighted by molar-refractivity contribution is 0.282. The molecule has 0 saturated carbocycles. The molecule has 1 saturated heterocycles. The van der Waals surface area contributed by atoms with E-state index in [2.05, 4.69) is 38.5 Å². The van der Waals surface area contributed by atoms with Crippen LogP contribution in [-0.2, 0) is 6.54 Å². The number of aromatic nitrogens is 1. The standard InChI is InChI=1S/C10H12FIN2/c11-9-3-4-14(7-9)6-8-1-2-10(12)13-5-8/h1-2,5,9H,3-4,6-7H2/t9-/m1/s1. The summed E-state index contributed by atoms with van der Waals surface area (Å²) in [5, 5.41) is 0. The first-order valence-electron chi connectivity index (χ1n) is 4.71. The maximum atomic E-state index is 12.9. The van der Waals surface area contributed by atoms with E-state index in [4.69, 9.17) is 0 Å². The Morgan fingerprint density at radius 1 is 1.57 bits per heavy atom. The first-order valence-corrected chi connectivity index (χ1v) is 5.79. The smallest absolute Gasteiger partial charge is 0.114 e. The molecule has 1 aromatic heterocycles. The summed E-state index contributed by atoms with van der Waals surface area (Å²) < 4.78 is 13.9. The lowest BCUT2D eigenvalue weighted by atomic mass is 10.3. The van der Waals surface area contributed by atoms with Gasteiger partial charge in [0.2, 0.25) is 0 Å². The Hall–Kier alpha value is -0.230. The van der Waals surface area contributed by atoms with Crippen molar-refractivity contribution in [2.75, 3.05) is 13.1 Å². The van der Waals surface area contributed by atoms with E-state index in [1.165, 1.54) is 5.56 Å². The van der Waals surface area contributed by atoms with Crippen molar-refractivity contribution >= 4 is 22.6 Å². The molecule has 0 spiro atoms. The van der Waals surface area contributed by atoms with Crippen molar-refractivity contribution in [2.45, 2.75) is 19.1 Å². The first-order chi connectivity index (χ1) is 6.74. The van der Waals surface area contributed by atoms with Crippen LogP contribution in [0.1, 0.15) is 12.0 Å². The van der Waals surface area contributed by atoms with Gasteiger partial charge in [0.1, 0.15) is 9.87 Å². The number of pyridine rings is 1. The molecule has 14 heavy (non-hydrogen) atoms. The molecule has 76 valence electrons. The molecule has 1 aliphatic rings. The first kappa shape index (κ1) is 10.3.